The van der Waals surface area contributed by atoms with Gasteiger partial charge in [0.05, 0.1) is 5.75 Å². The van der Waals surface area contributed by atoms with E-state index in [4.69, 9.17) is 0 Å². The molecule has 0 saturated heterocycles. The van der Waals surface area contributed by atoms with Crippen LogP contribution in [-0.2, 0) is 9.84 Å². The predicted octanol–water partition coefficient (Wildman–Crippen LogP) is 1.67. The zero-order valence-electron chi connectivity index (χ0n) is 11.1. The van der Waals surface area contributed by atoms with Gasteiger partial charge in [0.25, 0.3) is 0 Å². The maximum atomic E-state index is 11.2. The fraction of sp³-hybridized carbons (Fsp3) is 0.917. The molecular formula is C12H22N2O2S2. The molecule has 1 atom stereocenters. The fourth-order valence-electron chi connectivity index (χ4n) is 2.77. The molecule has 2 aliphatic rings. The molecule has 1 spiro atoms. The summed E-state index contributed by atoms with van der Waals surface area (Å²) in [6.07, 6.45) is 6.55. The van der Waals surface area contributed by atoms with Crippen molar-refractivity contribution >= 4 is 26.8 Å². The molecule has 104 valence electrons. The van der Waals surface area contributed by atoms with Crippen LogP contribution in [0.5, 0.6) is 0 Å². The molecule has 0 aromatic heterocycles. The van der Waals surface area contributed by atoms with Gasteiger partial charge in [-0.3, -0.25) is 4.99 Å². The Labute approximate surface area is 114 Å². The summed E-state index contributed by atoms with van der Waals surface area (Å²) in [4.78, 5) is 4.61. The first kappa shape index (κ1) is 14.2. The van der Waals surface area contributed by atoms with Gasteiger partial charge in [-0.05, 0) is 25.2 Å². The molecule has 0 bridgehead atoms. The Morgan fingerprint density at radius 1 is 1.44 bits per heavy atom. The van der Waals surface area contributed by atoms with Crippen LogP contribution in [0.1, 0.15) is 32.6 Å². The lowest BCUT2D eigenvalue weighted by Gasteiger charge is -2.31. The Kier molecular flexibility index (Phi) is 4.26. The van der Waals surface area contributed by atoms with E-state index in [2.05, 4.69) is 10.3 Å². The van der Waals surface area contributed by atoms with Crippen LogP contribution >= 0.6 is 11.8 Å². The fourth-order valence-corrected chi connectivity index (χ4v) is 5.03. The highest BCUT2D eigenvalue weighted by molar-refractivity contribution is 8.13. The predicted molar refractivity (Wildman–Crippen MR) is 78.0 cm³/mol. The van der Waals surface area contributed by atoms with E-state index in [9.17, 15) is 8.42 Å². The van der Waals surface area contributed by atoms with Gasteiger partial charge in [0.15, 0.2) is 5.17 Å². The number of nitrogens with zero attached hydrogens (tertiary/aromatic N) is 1. The van der Waals surface area contributed by atoms with Crippen LogP contribution in [-0.4, -0.2) is 43.9 Å². The first-order chi connectivity index (χ1) is 8.39. The van der Waals surface area contributed by atoms with Gasteiger partial charge in [-0.1, -0.05) is 24.6 Å². The van der Waals surface area contributed by atoms with Crippen LogP contribution in [0.25, 0.3) is 0 Å². The maximum Gasteiger partial charge on any atom is 0.156 e. The number of aliphatic imine (C=N–C) groups is 1. The summed E-state index contributed by atoms with van der Waals surface area (Å²) in [5, 5.41) is 4.14. The van der Waals surface area contributed by atoms with Gasteiger partial charge in [0.2, 0.25) is 0 Å². The molecular weight excluding hydrogens is 268 g/mol. The van der Waals surface area contributed by atoms with E-state index in [-0.39, 0.29) is 11.8 Å². The zero-order valence-corrected chi connectivity index (χ0v) is 12.7. The third-order valence-corrected chi connectivity index (χ3v) is 6.04. The minimum atomic E-state index is -2.92. The van der Waals surface area contributed by atoms with Crippen LogP contribution in [0.2, 0.25) is 0 Å². The van der Waals surface area contributed by atoms with Gasteiger partial charge in [0, 0.05) is 24.6 Å². The van der Waals surface area contributed by atoms with Crippen LogP contribution in [0.4, 0.5) is 0 Å². The second kappa shape index (κ2) is 5.41. The summed E-state index contributed by atoms with van der Waals surface area (Å²) in [5.74, 6) is 1.29. The molecule has 1 fully saturated rings. The van der Waals surface area contributed by atoms with Crippen LogP contribution in [0.3, 0.4) is 0 Å². The Bertz CT molecular complexity index is 425. The minimum absolute atomic E-state index is 0.0659. The average molecular weight is 290 g/mol. The van der Waals surface area contributed by atoms with Crippen molar-refractivity contribution in [2.24, 2.45) is 10.4 Å². The molecule has 0 amide bonds. The van der Waals surface area contributed by atoms with Crippen LogP contribution in [0, 0.1) is 5.41 Å². The highest BCUT2D eigenvalue weighted by Crippen LogP contribution is 2.43. The number of nitrogens with one attached hydrogen (secondary N) is 1. The Hall–Kier alpha value is -0.230. The summed E-state index contributed by atoms with van der Waals surface area (Å²) in [7, 11) is -2.92. The van der Waals surface area contributed by atoms with Crippen LogP contribution < -0.4 is 5.32 Å². The number of sulfone groups is 1. The first-order valence-electron chi connectivity index (χ1n) is 6.50. The third kappa shape index (κ3) is 3.88. The van der Waals surface area contributed by atoms with E-state index in [1.807, 2.05) is 6.92 Å². The van der Waals surface area contributed by atoms with Crippen molar-refractivity contribution in [1.29, 1.82) is 0 Å². The van der Waals surface area contributed by atoms with Crippen molar-refractivity contribution in [2.45, 2.75) is 38.6 Å². The van der Waals surface area contributed by atoms with Crippen molar-refractivity contribution in [3.05, 3.63) is 0 Å². The summed E-state index contributed by atoms with van der Waals surface area (Å²) in [6.45, 7) is 2.80. The SMILES string of the molecule is CC(CS(C)(=O)=O)NC1=NCC2(CCCC2)CS1. The van der Waals surface area contributed by atoms with Crippen molar-refractivity contribution in [3.8, 4) is 0 Å². The largest absolute Gasteiger partial charge is 0.361 e. The number of amidine groups is 1. The Morgan fingerprint density at radius 3 is 2.61 bits per heavy atom. The lowest BCUT2D eigenvalue weighted by atomic mass is 9.89. The van der Waals surface area contributed by atoms with Crippen LogP contribution in [0.15, 0.2) is 4.99 Å². The molecule has 1 aliphatic carbocycles. The maximum absolute atomic E-state index is 11.2. The smallest absolute Gasteiger partial charge is 0.156 e. The minimum Gasteiger partial charge on any atom is -0.361 e. The molecule has 0 aromatic carbocycles. The lowest BCUT2D eigenvalue weighted by Crippen LogP contribution is -2.40. The molecule has 1 aliphatic heterocycles. The molecule has 6 heteroatoms. The molecule has 1 N–H and O–H groups in total. The van der Waals surface area contributed by atoms with Crippen molar-refractivity contribution in [3.63, 3.8) is 0 Å². The summed E-state index contributed by atoms with van der Waals surface area (Å²) < 4.78 is 22.4. The number of thioether (sulfide) groups is 1. The quantitative estimate of drug-likeness (QED) is 0.859. The molecule has 0 radical (unpaired) electrons. The van der Waals surface area contributed by atoms with E-state index in [1.165, 1.54) is 31.9 Å². The van der Waals surface area contributed by atoms with E-state index >= 15 is 0 Å². The monoisotopic (exact) mass is 290 g/mol. The zero-order chi connectivity index (χ0) is 13.2. The molecule has 0 aromatic rings. The van der Waals surface area contributed by atoms with E-state index < -0.39 is 9.84 Å². The number of hydrogen-bond acceptors (Lipinski definition) is 5. The average Bonchev–Trinajstić information content (AvgIpc) is 2.68. The number of rotatable bonds is 3. The molecule has 1 saturated carbocycles. The van der Waals surface area contributed by atoms with Gasteiger partial charge in [-0.2, -0.15) is 0 Å². The van der Waals surface area contributed by atoms with Crippen molar-refractivity contribution < 1.29 is 8.42 Å². The molecule has 18 heavy (non-hydrogen) atoms. The molecule has 2 rings (SSSR count). The standard InChI is InChI=1S/C12H22N2O2S2/c1-10(7-18(2,15)16)14-11-13-8-12(9-17-11)5-3-4-6-12/h10H,3-9H2,1-2H3,(H,13,14). The molecule has 1 unspecified atom stereocenters. The highest BCUT2D eigenvalue weighted by Gasteiger charge is 2.36. The van der Waals surface area contributed by atoms with Gasteiger partial charge in [0.1, 0.15) is 9.84 Å². The van der Waals surface area contributed by atoms with Crippen molar-refractivity contribution in [2.75, 3.05) is 24.3 Å². The lowest BCUT2D eigenvalue weighted by molar-refractivity contribution is 0.358. The highest BCUT2D eigenvalue weighted by atomic mass is 32.2. The van der Waals surface area contributed by atoms with Gasteiger partial charge in [-0.25, -0.2) is 8.42 Å². The Balaban J connectivity index is 1.86. The number of hydrogen-bond donors (Lipinski definition) is 1. The van der Waals surface area contributed by atoms with Gasteiger partial charge < -0.3 is 5.32 Å². The van der Waals surface area contributed by atoms with E-state index in [1.54, 1.807) is 11.8 Å². The van der Waals surface area contributed by atoms with Crippen molar-refractivity contribution in [1.82, 2.24) is 5.32 Å². The second-order valence-corrected chi connectivity index (χ2v) is 8.90. The Morgan fingerprint density at radius 2 is 2.11 bits per heavy atom. The summed E-state index contributed by atoms with van der Waals surface area (Å²) in [5.41, 5.74) is 0.440. The van der Waals surface area contributed by atoms with E-state index in [0.29, 0.717) is 5.41 Å². The molecule has 4 nitrogen and oxygen atoms in total. The topological polar surface area (TPSA) is 58.5 Å². The third-order valence-electron chi connectivity index (χ3n) is 3.66. The summed E-state index contributed by atoms with van der Waals surface area (Å²) in [6, 6.07) is -0.0659. The first-order valence-corrected chi connectivity index (χ1v) is 9.55. The van der Waals surface area contributed by atoms with Gasteiger partial charge in [-0.15, -0.1) is 0 Å². The molecule has 1 heterocycles. The normalized spacial score (nSPS) is 24.9. The van der Waals surface area contributed by atoms with E-state index in [0.717, 1.165) is 17.5 Å². The second-order valence-electron chi connectivity index (χ2n) is 5.75. The van der Waals surface area contributed by atoms with Gasteiger partial charge >= 0.3 is 0 Å². The summed E-state index contributed by atoms with van der Waals surface area (Å²) >= 11 is 1.76.